The maximum atomic E-state index is 11.8. The molecule has 0 aromatic heterocycles. The van der Waals surface area contributed by atoms with Crippen LogP contribution >= 0.6 is 0 Å². The van der Waals surface area contributed by atoms with Crippen LogP contribution in [0.3, 0.4) is 0 Å². The summed E-state index contributed by atoms with van der Waals surface area (Å²) in [4.78, 5) is 11.8. The summed E-state index contributed by atoms with van der Waals surface area (Å²) in [6, 6.07) is 0. The lowest BCUT2D eigenvalue weighted by Gasteiger charge is -2.39. The lowest BCUT2D eigenvalue weighted by Crippen LogP contribution is -2.42. The standard InChI is InChI=1S/C16H26O3/c1-5-6-13-7-9-16(12(2)3,15(17)18)14(11-13)8-10-19-4/h7,9,11-12,14H,5-6,8,10H2,1-4H3,(H,17,18). The number of carboxylic acids is 1. The summed E-state index contributed by atoms with van der Waals surface area (Å²) in [5.74, 6) is -0.661. The van der Waals surface area contributed by atoms with E-state index in [4.69, 9.17) is 4.74 Å². The molecule has 1 aliphatic rings. The van der Waals surface area contributed by atoms with E-state index in [1.54, 1.807) is 7.11 Å². The third-order valence-corrected chi connectivity index (χ3v) is 4.10. The van der Waals surface area contributed by atoms with Gasteiger partial charge in [-0.1, -0.05) is 51.0 Å². The molecule has 0 saturated heterocycles. The molecule has 3 heteroatoms. The van der Waals surface area contributed by atoms with Crippen LogP contribution in [-0.2, 0) is 9.53 Å². The highest BCUT2D eigenvalue weighted by Crippen LogP contribution is 2.44. The van der Waals surface area contributed by atoms with E-state index in [2.05, 4.69) is 13.0 Å². The molecular formula is C16H26O3. The highest BCUT2D eigenvalue weighted by atomic mass is 16.5. The van der Waals surface area contributed by atoms with Gasteiger partial charge in [0.1, 0.15) is 0 Å². The Morgan fingerprint density at radius 2 is 2.21 bits per heavy atom. The van der Waals surface area contributed by atoms with Crippen LogP contribution in [0.1, 0.15) is 40.0 Å². The molecule has 0 aromatic rings. The third-order valence-electron chi connectivity index (χ3n) is 4.10. The predicted octanol–water partition coefficient (Wildman–Crippen LogP) is 3.66. The van der Waals surface area contributed by atoms with E-state index in [-0.39, 0.29) is 11.8 Å². The number of methoxy groups -OCH3 is 1. The molecular weight excluding hydrogens is 240 g/mol. The van der Waals surface area contributed by atoms with E-state index >= 15 is 0 Å². The topological polar surface area (TPSA) is 46.5 Å². The average molecular weight is 266 g/mol. The van der Waals surface area contributed by atoms with Crippen LogP contribution in [0.5, 0.6) is 0 Å². The van der Waals surface area contributed by atoms with Crippen molar-refractivity contribution < 1.29 is 14.6 Å². The zero-order valence-electron chi connectivity index (χ0n) is 12.5. The minimum Gasteiger partial charge on any atom is -0.481 e. The Bertz CT molecular complexity index is 368. The molecule has 0 aromatic carbocycles. The normalized spacial score (nSPS) is 26.6. The van der Waals surface area contributed by atoms with E-state index in [0.717, 1.165) is 19.3 Å². The van der Waals surface area contributed by atoms with Gasteiger partial charge >= 0.3 is 5.97 Å². The van der Waals surface area contributed by atoms with Gasteiger partial charge in [-0.2, -0.15) is 0 Å². The number of rotatable bonds is 7. The van der Waals surface area contributed by atoms with E-state index in [1.165, 1.54) is 5.57 Å². The Morgan fingerprint density at radius 1 is 1.53 bits per heavy atom. The Labute approximate surface area is 116 Å². The Kier molecular flexibility index (Phi) is 5.80. The van der Waals surface area contributed by atoms with Crippen molar-refractivity contribution in [2.75, 3.05) is 13.7 Å². The van der Waals surface area contributed by atoms with E-state index in [1.807, 2.05) is 26.0 Å². The summed E-state index contributed by atoms with van der Waals surface area (Å²) in [5.41, 5.74) is 0.455. The quantitative estimate of drug-likeness (QED) is 0.765. The fourth-order valence-corrected chi connectivity index (χ4v) is 2.94. The molecule has 0 amide bonds. The number of aliphatic carboxylic acids is 1. The molecule has 0 spiro atoms. The van der Waals surface area contributed by atoms with Crippen molar-refractivity contribution in [2.45, 2.75) is 40.0 Å². The maximum absolute atomic E-state index is 11.8. The van der Waals surface area contributed by atoms with Gasteiger partial charge in [0, 0.05) is 13.7 Å². The molecule has 0 fully saturated rings. The number of hydrogen-bond donors (Lipinski definition) is 1. The van der Waals surface area contributed by atoms with Gasteiger partial charge in [-0.3, -0.25) is 4.79 Å². The second-order valence-electron chi connectivity index (χ2n) is 5.61. The van der Waals surface area contributed by atoms with Crippen molar-refractivity contribution >= 4 is 5.97 Å². The molecule has 2 unspecified atom stereocenters. The number of ether oxygens (including phenoxy) is 1. The summed E-state index contributed by atoms with van der Waals surface area (Å²) in [6.07, 6.45) is 8.89. The summed E-state index contributed by atoms with van der Waals surface area (Å²) in [7, 11) is 1.66. The van der Waals surface area contributed by atoms with Crippen molar-refractivity contribution in [1.82, 2.24) is 0 Å². The number of allylic oxidation sites excluding steroid dienone is 3. The van der Waals surface area contributed by atoms with Crippen LogP contribution in [0.4, 0.5) is 0 Å². The van der Waals surface area contributed by atoms with Gasteiger partial charge in [0.2, 0.25) is 0 Å². The largest absolute Gasteiger partial charge is 0.481 e. The Hall–Kier alpha value is -1.09. The molecule has 1 N–H and O–H groups in total. The van der Waals surface area contributed by atoms with Crippen molar-refractivity contribution in [3.8, 4) is 0 Å². The van der Waals surface area contributed by atoms with E-state index in [0.29, 0.717) is 6.61 Å². The summed E-state index contributed by atoms with van der Waals surface area (Å²) in [6.45, 7) is 6.70. The molecule has 1 rings (SSSR count). The fourth-order valence-electron chi connectivity index (χ4n) is 2.94. The molecule has 0 heterocycles. The van der Waals surface area contributed by atoms with Crippen LogP contribution < -0.4 is 0 Å². The lowest BCUT2D eigenvalue weighted by molar-refractivity contribution is -0.151. The monoisotopic (exact) mass is 266 g/mol. The van der Waals surface area contributed by atoms with Gasteiger partial charge < -0.3 is 9.84 Å². The van der Waals surface area contributed by atoms with Crippen LogP contribution in [-0.4, -0.2) is 24.8 Å². The molecule has 0 radical (unpaired) electrons. The summed E-state index contributed by atoms with van der Waals surface area (Å²) in [5, 5.41) is 9.72. The van der Waals surface area contributed by atoms with Crippen LogP contribution in [0, 0.1) is 17.3 Å². The zero-order chi connectivity index (χ0) is 14.5. The van der Waals surface area contributed by atoms with Gasteiger partial charge in [-0.15, -0.1) is 0 Å². The average Bonchev–Trinajstić information content (AvgIpc) is 2.36. The highest BCUT2D eigenvalue weighted by molar-refractivity contribution is 5.79. The van der Waals surface area contributed by atoms with Gasteiger partial charge in [-0.25, -0.2) is 0 Å². The van der Waals surface area contributed by atoms with Crippen molar-refractivity contribution in [3.63, 3.8) is 0 Å². The molecule has 2 atom stereocenters. The fraction of sp³-hybridized carbons (Fsp3) is 0.688. The lowest BCUT2D eigenvalue weighted by atomic mass is 9.63. The highest BCUT2D eigenvalue weighted by Gasteiger charge is 2.46. The minimum absolute atomic E-state index is 0.0106. The second kappa shape index (κ2) is 6.90. The second-order valence-corrected chi connectivity index (χ2v) is 5.61. The third kappa shape index (κ3) is 3.27. The van der Waals surface area contributed by atoms with Gasteiger partial charge in [-0.05, 0) is 24.7 Å². The summed E-state index contributed by atoms with van der Waals surface area (Å²) >= 11 is 0. The zero-order valence-corrected chi connectivity index (χ0v) is 12.5. The predicted molar refractivity (Wildman–Crippen MR) is 77.0 cm³/mol. The SMILES string of the molecule is CCCC1=CC(CCOC)C(C(=O)O)(C(C)C)C=C1. The first kappa shape index (κ1) is 16.0. The summed E-state index contributed by atoms with van der Waals surface area (Å²) < 4.78 is 5.15. The molecule has 0 aliphatic heterocycles. The first-order chi connectivity index (χ1) is 8.98. The van der Waals surface area contributed by atoms with Gasteiger partial charge in [0.05, 0.1) is 5.41 Å². The van der Waals surface area contributed by atoms with Gasteiger partial charge in [0.25, 0.3) is 0 Å². The van der Waals surface area contributed by atoms with Crippen molar-refractivity contribution in [2.24, 2.45) is 17.3 Å². The molecule has 19 heavy (non-hydrogen) atoms. The van der Waals surface area contributed by atoms with Gasteiger partial charge in [0.15, 0.2) is 0 Å². The first-order valence-corrected chi connectivity index (χ1v) is 7.11. The molecule has 0 bridgehead atoms. The Balaban J connectivity index is 3.08. The van der Waals surface area contributed by atoms with Crippen LogP contribution in [0.15, 0.2) is 23.8 Å². The number of hydrogen-bond acceptors (Lipinski definition) is 2. The van der Waals surface area contributed by atoms with Crippen LogP contribution in [0.2, 0.25) is 0 Å². The van der Waals surface area contributed by atoms with Crippen molar-refractivity contribution in [1.29, 1.82) is 0 Å². The van der Waals surface area contributed by atoms with Crippen molar-refractivity contribution in [3.05, 3.63) is 23.8 Å². The van der Waals surface area contributed by atoms with Crippen LogP contribution in [0.25, 0.3) is 0 Å². The maximum Gasteiger partial charge on any atom is 0.314 e. The first-order valence-electron chi connectivity index (χ1n) is 7.11. The van der Waals surface area contributed by atoms with E-state index < -0.39 is 11.4 Å². The molecule has 0 saturated carbocycles. The number of carboxylic acid groups (broad SMARTS) is 1. The smallest absolute Gasteiger partial charge is 0.314 e. The van der Waals surface area contributed by atoms with E-state index in [9.17, 15) is 9.90 Å². The minimum atomic E-state index is -0.796. The number of carbonyl (C=O) groups is 1. The molecule has 3 nitrogen and oxygen atoms in total. The molecule has 108 valence electrons. The Morgan fingerprint density at radius 3 is 2.68 bits per heavy atom. The molecule has 1 aliphatic carbocycles.